The Morgan fingerprint density at radius 2 is 1.94 bits per heavy atom. The van der Waals surface area contributed by atoms with Gasteiger partial charge in [-0.2, -0.15) is 5.10 Å². The van der Waals surface area contributed by atoms with E-state index in [1.54, 1.807) is 29.0 Å². The summed E-state index contributed by atoms with van der Waals surface area (Å²) in [6.45, 7) is 2.84. The van der Waals surface area contributed by atoms with Crippen LogP contribution in [0.25, 0.3) is 5.82 Å². The van der Waals surface area contributed by atoms with Crippen molar-refractivity contribution in [1.29, 1.82) is 0 Å². The monoisotopic (exact) mass is 430 g/mol. The SMILES string of the molecule is COc1ccc(Cn2cc(N3CCc4c([nH]n(-c5cccc(C)n5)c4=O)C3=O)cn2)cc1. The van der Waals surface area contributed by atoms with Gasteiger partial charge in [0.05, 0.1) is 31.1 Å². The van der Waals surface area contributed by atoms with Gasteiger partial charge < -0.3 is 9.64 Å². The molecule has 0 atom stereocenters. The van der Waals surface area contributed by atoms with Crippen LogP contribution in [0, 0.1) is 6.92 Å². The van der Waals surface area contributed by atoms with E-state index in [9.17, 15) is 9.59 Å². The van der Waals surface area contributed by atoms with Crippen molar-refractivity contribution in [3.63, 3.8) is 0 Å². The fourth-order valence-corrected chi connectivity index (χ4v) is 3.90. The van der Waals surface area contributed by atoms with E-state index in [1.807, 2.05) is 49.5 Å². The van der Waals surface area contributed by atoms with Crippen LogP contribution in [0.15, 0.2) is 59.7 Å². The first-order valence-electron chi connectivity index (χ1n) is 10.3. The minimum absolute atomic E-state index is 0.235. The molecule has 1 N–H and O–H groups in total. The maximum absolute atomic E-state index is 13.2. The van der Waals surface area contributed by atoms with Crippen LogP contribution in [0.3, 0.4) is 0 Å². The number of methoxy groups -OCH3 is 1. The van der Waals surface area contributed by atoms with Crippen LogP contribution in [-0.4, -0.2) is 44.1 Å². The fraction of sp³-hybridized carbons (Fsp3) is 0.217. The average Bonchev–Trinajstić information content (AvgIpc) is 3.40. The van der Waals surface area contributed by atoms with E-state index in [0.29, 0.717) is 42.3 Å². The van der Waals surface area contributed by atoms with Gasteiger partial charge in [-0.25, -0.2) is 9.67 Å². The molecule has 4 heterocycles. The van der Waals surface area contributed by atoms with Crippen molar-refractivity contribution in [1.82, 2.24) is 24.5 Å². The minimum atomic E-state index is -0.251. The predicted octanol–water partition coefficient (Wildman–Crippen LogP) is 2.33. The summed E-state index contributed by atoms with van der Waals surface area (Å²) in [4.78, 5) is 32.1. The van der Waals surface area contributed by atoms with Gasteiger partial charge in [0.2, 0.25) is 0 Å². The van der Waals surface area contributed by atoms with Gasteiger partial charge in [-0.05, 0) is 43.2 Å². The average molecular weight is 430 g/mol. The molecular weight excluding hydrogens is 408 g/mol. The number of rotatable bonds is 5. The number of fused-ring (bicyclic) bond motifs is 1. The van der Waals surface area contributed by atoms with Crippen LogP contribution >= 0.6 is 0 Å². The molecule has 3 aromatic heterocycles. The highest BCUT2D eigenvalue weighted by molar-refractivity contribution is 6.06. The van der Waals surface area contributed by atoms with Crippen LogP contribution in [-0.2, 0) is 13.0 Å². The van der Waals surface area contributed by atoms with Crippen molar-refractivity contribution in [2.24, 2.45) is 0 Å². The molecule has 9 nitrogen and oxygen atoms in total. The Balaban J connectivity index is 1.39. The zero-order chi connectivity index (χ0) is 22.2. The number of carbonyl (C=O) groups is 1. The maximum Gasteiger partial charge on any atom is 0.276 e. The molecule has 0 radical (unpaired) electrons. The summed E-state index contributed by atoms with van der Waals surface area (Å²) in [5.41, 5.74) is 3.10. The Morgan fingerprint density at radius 3 is 2.69 bits per heavy atom. The van der Waals surface area contributed by atoms with E-state index < -0.39 is 0 Å². The van der Waals surface area contributed by atoms with Crippen molar-refractivity contribution in [3.8, 4) is 11.6 Å². The first-order chi connectivity index (χ1) is 15.5. The van der Waals surface area contributed by atoms with Crippen molar-refractivity contribution in [3.05, 3.63) is 87.7 Å². The third-order valence-electron chi connectivity index (χ3n) is 5.57. The Bertz CT molecular complexity index is 1350. The molecule has 162 valence electrons. The standard InChI is InChI=1S/C23H22N6O3/c1-15-4-3-5-20(25-15)29-22(30)19-10-11-28(23(31)21(19)26-29)17-12-24-27(14-17)13-16-6-8-18(32-2)9-7-16/h3-9,12,14,26H,10-11,13H2,1-2H3. The first kappa shape index (κ1) is 19.8. The molecule has 0 spiro atoms. The number of carbonyl (C=O) groups excluding carboxylic acids is 1. The van der Waals surface area contributed by atoms with Crippen molar-refractivity contribution >= 4 is 11.6 Å². The van der Waals surface area contributed by atoms with Gasteiger partial charge in [-0.3, -0.25) is 19.4 Å². The molecule has 0 bridgehead atoms. The van der Waals surface area contributed by atoms with E-state index >= 15 is 0 Å². The molecule has 1 aliphatic rings. The maximum atomic E-state index is 13.2. The van der Waals surface area contributed by atoms with Gasteiger partial charge in [-0.15, -0.1) is 0 Å². The highest BCUT2D eigenvalue weighted by Crippen LogP contribution is 2.23. The Hall–Kier alpha value is -4.14. The van der Waals surface area contributed by atoms with E-state index in [2.05, 4.69) is 15.2 Å². The number of aromatic amines is 1. The summed E-state index contributed by atoms with van der Waals surface area (Å²) >= 11 is 0. The second-order valence-electron chi connectivity index (χ2n) is 7.69. The number of aromatic nitrogens is 5. The Morgan fingerprint density at radius 1 is 1.12 bits per heavy atom. The summed E-state index contributed by atoms with van der Waals surface area (Å²) < 4.78 is 8.31. The topological polar surface area (TPSA) is 98.0 Å². The van der Waals surface area contributed by atoms with Gasteiger partial charge in [0.15, 0.2) is 5.82 Å². The summed E-state index contributed by atoms with van der Waals surface area (Å²) in [5, 5.41) is 7.37. The molecule has 0 saturated heterocycles. The number of ether oxygens (including phenoxy) is 1. The third kappa shape index (κ3) is 3.47. The number of nitrogens with zero attached hydrogens (tertiary/aromatic N) is 5. The lowest BCUT2D eigenvalue weighted by Gasteiger charge is -2.24. The van der Waals surface area contributed by atoms with Crippen molar-refractivity contribution in [2.75, 3.05) is 18.6 Å². The molecule has 5 rings (SSSR count). The molecule has 0 saturated carbocycles. The van der Waals surface area contributed by atoms with E-state index in [1.165, 1.54) is 4.68 Å². The number of benzene rings is 1. The number of nitrogens with one attached hydrogen (secondary N) is 1. The molecule has 1 amide bonds. The van der Waals surface area contributed by atoms with Gasteiger partial charge in [-0.1, -0.05) is 18.2 Å². The van der Waals surface area contributed by atoms with Crippen LogP contribution in [0.4, 0.5) is 5.69 Å². The van der Waals surface area contributed by atoms with Crippen LogP contribution in [0.1, 0.15) is 27.3 Å². The number of anilines is 1. The second-order valence-corrected chi connectivity index (χ2v) is 7.69. The quantitative estimate of drug-likeness (QED) is 0.524. The molecule has 9 heteroatoms. The number of hydrogen-bond donors (Lipinski definition) is 1. The van der Waals surface area contributed by atoms with E-state index in [-0.39, 0.29) is 11.5 Å². The largest absolute Gasteiger partial charge is 0.497 e. The van der Waals surface area contributed by atoms with Gasteiger partial charge in [0, 0.05) is 18.4 Å². The molecular formula is C23H22N6O3. The molecule has 0 aliphatic carbocycles. The van der Waals surface area contributed by atoms with E-state index in [0.717, 1.165) is 17.0 Å². The third-order valence-corrected chi connectivity index (χ3v) is 5.57. The smallest absolute Gasteiger partial charge is 0.276 e. The highest BCUT2D eigenvalue weighted by Gasteiger charge is 2.31. The lowest BCUT2D eigenvalue weighted by atomic mass is 10.1. The summed E-state index contributed by atoms with van der Waals surface area (Å²) in [6.07, 6.45) is 3.97. The van der Waals surface area contributed by atoms with Crippen LogP contribution in [0.2, 0.25) is 0 Å². The molecule has 1 aromatic carbocycles. The Labute approximate surface area is 183 Å². The van der Waals surface area contributed by atoms with Crippen LogP contribution in [0.5, 0.6) is 5.75 Å². The summed E-state index contributed by atoms with van der Waals surface area (Å²) in [5.74, 6) is 1.02. The molecule has 4 aromatic rings. The lowest BCUT2D eigenvalue weighted by molar-refractivity contribution is 0.0975. The normalized spacial score (nSPS) is 13.3. The van der Waals surface area contributed by atoms with Crippen molar-refractivity contribution < 1.29 is 9.53 Å². The van der Waals surface area contributed by atoms with Gasteiger partial charge >= 0.3 is 0 Å². The second kappa shape index (κ2) is 7.84. The number of H-pyrrole nitrogens is 1. The molecule has 32 heavy (non-hydrogen) atoms. The van der Waals surface area contributed by atoms with Gasteiger partial charge in [0.1, 0.15) is 11.4 Å². The summed E-state index contributed by atoms with van der Waals surface area (Å²) in [7, 11) is 1.63. The first-order valence-corrected chi connectivity index (χ1v) is 10.3. The minimum Gasteiger partial charge on any atom is -0.497 e. The number of pyridine rings is 1. The van der Waals surface area contributed by atoms with Crippen LogP contribution < -0.4 is 15.2 Å². The van der Waals surface area contributed by atoms with Gasteiger partial charge in [0.25, 0.3) is 11.5 Å². The molecule has 1 aliphatic heterocycles. The zero-order valence-electron chi connectivity index (χ0n) is 17.8. The lowest BCUT2D eigenvalue weighted by Crippen LogP contribution is -2.38. The van der Waals surface area contributed by atoms with E-state index in [4.69, 9.17) is 4.74 Å². The van der Waals surface area contributed by atoms with Crippen molar-refractivity contribution in [2.45, 2.75) is 19.9 Å². The predicted molar refractivity (Wildman–Crippen MR) is 119 cm³/mol. The number of amides is 1. The molecule has 0 fully saturated rings. The number of aryl methyl sites for hydroxylation is 1. The number of hydrogen-bond acceptors (Lipinski definition) is 5. The summed E-state index contributed by atoms with van der Waals surface area (Å²) in [6, 6.07) is 13.2. The highest BCUT2D eigenvalue weighted by atomic mass is 16.5. The fourth-order valence-electron chi connectivity index (χ4n) is 3.90. The zero-order valence-corrected chi connectivity index (χ0v) is 17.8. The molecule has 0 unspecified atom stereocenters. The Kier molecular flexibility index (Phi) is 4.85.